The second-order valence-corrected chi connectivity index (χ2v) is 7.26. The van der Waals surface area contributed by atoms with Crippen LogP contribution in [0.3, 0.4) is 0 Å². The third-order valence-electron chi connectivity index (χ3n) is 4.41. The summed E-state index contributed by atoms with van der Waals surface area (Å²) in [6.07, 6.45) is 2.38. The van der Waals surface area contributed by atoms with Crippen molar-refractivity contribution in [3.63, 3.8) is 0 Å². The Kier molecular flexibility index (Phi) is 5.87. The van der Waals surface area contributed by atoms with Gasteiger partial charge in [0.15, 0.2) is 0 Å². The van der Waals surface area contributed by atoms with Crippen molar-refractivity contribution in [2.24, 2.45) is 0 Å². The topological polar surface area (TPSA) is 79.8 Å². The quantitative estimate of drug-likeness (QED) is 0.474. The fourth-order valence-corrected chi connectivity index (χ4v) is 3.42. The van der Waals surface area contributed by atoms with Crippen molar-refractivity contribution in [3.8, 4) is 0 Å². The van der Waals surface area contributed by atoms with Crippen LogP contribution in [0.2, 0.25) is 0 Å². The van der Waals surface area contributed by atoms with Gasteiger partial charge in [0.2, 0.25) is 5.13 Å². The highest BCUT2D eigenvalue weighted by atomic mass is 32.1. The Morgan fingerprint density at radius 2 is 1.72 bits per heavy atom. The number of pyridine rings is 1. The zero-order chi connectivity index (χ0) is 19.9. The number of carbonyl (C=O) groups excluding carboxylic acids is 1. The molecule has 1 atom stereocenters. The number of carbonyl (C=O) groups is 1. The second kappa shape index (κ2) is 9.07. The Bertz CT molecular complexity index is 1040. The van der Waals surface area contributed by atoms with Crippen LogP contribution in [0.1, 0.15) is 27.5 Å². The summed E-state index contributed by atoms with van der Waals surface area (Å²) >= 11 is 1.27. The van der Waals surface area contributed by atoms with E-state index in [-0.39, 0.29) is 11.9 Å². The Hall–Kier alpha value is -3.58. The average Bonchev–Trinajstić information content (AvgIpc) is 3.28. The molecular formula is C22H19N5OS. The van der Waals surface area contributed by atoms with Crippen LogP contribution < -0.4 is 10.6 Å². The molecule has 0 fully saturated rings. The van der Waals surface area contributed by atoms with E-state index in [4.69, 9.17) is 0 Å². The zero-order valence-electron chi connectivity index (χ0n) is 15.5. The van der Waals surface area contributed by atoms with E-state index in [0.29, 0.717) is 16.5 Å². The van der Waals surface area contributed by atoms with E-state index in [2.05, 4.69) is 50.1 Å². The van der Waals surface area contributed by atoms with E-state index in [0.717, 1.165) is 6.42 Å². The summed E-state index contributed by atoms with van der Waals surface area (Å²) in [6, 6.07) is 24.2. The predicted molar refractivity (Wildman–Crippen MR) is 115 cm³/mol. The molecule has 4 aromatic rings. The fraction of sp³-hybridized carbons (Fsp3) is 0.0909. The van der Waals surface area contributed by atoms with Gasteiger partial charge in [-0.15, -0.1) is 10.2 Å². The van der Waals surface area contributed by atoms with Gasteiger partial charge in [-0.3, -0.25) is 10.1 Å². The minimum absolute atomic E-state index is 0.0622. The van der Waals surface area contributed by atoms with Crippen LogP contribution in [-0.4, -0.2) is 21.1 Å². The summed E-state index contributed by atoms with van der Waals surface area (Å²) in [5.41, 5.74) is 4.44. The molecule has 2 aromatic carbocycles. The van der Waals surface area contributed by atoms with Crippen LogP contribution >= 0.6 is 11.3 Å². The van der Waals surface area contributed by atoms with Gasteiger partial charge >= 0.3 is 0 Å². The van der Waals surface area contributed by atoms with Crippen molar-refractivity contribution in [3.05, 3.63) is 101 Å². The predicted octanol–water partition coefficient (Wildman–Crippen LogP) is 4.58. The van der Waals surface area contributed by atoms with Gasteiger partial charge in [0.25, 0.3) is 5.91 Å². The second-order valence-electron chi connectivity index (χ2n) is 6.43. The highest BCUT2D eigenvalue weighted by Gasteiger charge is 2.14. The molecule has 7 heteroatoms. The molecule has 144 valence electrons. The van der Waals surface area contributed by atoms with Crippen LogP contribution in [0.15, 0.2) is 84.5 Å². The lowest BCUT2D eigenvalue weighted by Gasteiger charge is -2.20. The van der Waals surface area contributed by atoms with Crippen molar-refractivity contribution in [1.82, 2.24) is 15.2 Å². The normalized spacial score (nSPS) is 11.6. The SMILES string of the molecule is O=C(Nc1nncs1)c1ccc(NC(Cc2ccccc2)c2ccccc2)nc1. The Balaban J connectivity index is 1.49. The van der Waals surface area contributed by atoms with Crippen molar-refractivity contribution < 1.29 is 4.79 Å². The van der Waals surface area contributed by atoms with Crippen molar-refractivity contribution in [1.29, 1.82) is 0 Å². The minimum Gasteiger partial charge on any atom is -0.363 e. The molecule has 0 radical (unpaired) electrons. The van der Waals surface area contributed by atoms with E-state index in [1.807, 2.05) is 42.5 Å². The van der Waals surface area contributed by atoms with Gasteiger partial charge in [0.05, 0.1) is 11.6 Å². The molecular weight excluding hydrogens is 382 g/mol. The van der Waals surface area contributed by atoms with E-state index in [1.165, 1.54) is 22.5 Å². The maximum Gasteiger partial charge on any atom is 0.259 e. The summed E-state index contributed by atoms with van der Waals surface area (Å²) in [4.78, 5) is 16.7. The van der Waals surface area contributed by atoms with E-state index in [1.54, 1.807) is 17.8 Å². The fourth-order valence-electron chi connectivity index (χ4n) is 2.98. The van der Waals surface area contributed by atoms with Crippen molar-refractivity contribution in [2.75, 3.05) is 10.6 Å². The largest absolute Gasteiger partial charge is 0.363 e. The molecule has 0 bridgehead atoms. The average molecular weight is 401 g/mol. The van der Waals surface area contributed by atoms with Gasteiger partial charge in [-0.25, -0.2) is 4.98 Å². The molecule has 2 N–H and O–H groups in total. The number of hydrogen-bond acceptors (Lipinski definition) is 6. The van der Waals surface area contributed by atoms with Crippen LogP contribution in [0, 0.1) is 0 Å². The third-order valence-corrected chi connectivity index (χ3v) is 5.02. The number of anilines is 2. The summed E-state index contributed by atoms with van der Waals surface area (Å²) in [5.74, 6) is 0.451. The van der Waals surface area contributed by atoms with E-state index >= 15 is 0 Å². The number of benzene rings is 2. The first kappa shape index (κ1) is 18.8. The molecule has 0 aliphatic carbocycles. The summed E-state index contributed by atoms with van der Waals surface area (Å²) < 4.78 is 0. The standard InChI is InChI=1S/C22H19N5OS/c28-21(26-22-27-24-15-29-22)18-11-12-20(23-14-18)25-19(17-9-5-2-6-10-17)13-16-7-3-1-4-8-16/h1-12,14-15,19H,13H2,(H,23,25)(H,26,27,28). The van der Waals surface area contributed by atoms with Crippen molar-refractivity contribution in [2.45, 2.75) is 12.5 Å². The zero-order valence-corrected chi connectivity index (χ0v) is 16.3. The molecule has 29 heavy (non-hydrogen) atoms. The lowest BCUT2D eigenvalue weighted by molar-refractivity contribution is 0.102. The number of hydrogen-bond donors (Lipinski definition) is 2. The Morgan fingerprint density at radius 1 is 0.966 bits per heavy atom. The smallest absolute Gasteiger partial charge is 0.259 e. The first-order valence-corrected chi connectivity index (χ1v) is 10.0. The number of nitrogens with one attached hydrogen (secondary N) is 2. The molecule has 1 amide bonds. The maximum absolute atomic E-state index is 12.3. The lowest BCUT2D eigenvalue weighted by atomic mass is 9.99. The highest BCUT2D eigenvalue weighted by molar-refractivity contribution is 7.13. The van der Waals surface area contributed by atoms with Crippen molar-refractivity contribution >= 4 is 28.2 Å². The Labute approximate surface area is 172 Å². The molecule has 0 saturated heterocycles. The molecule has 0 aliphatic heterocycles. The van der Waals surface area contributed by atoms with Gasteiger partial charge in [-0.05, 0) is 29.7 Å². The number of amides is 1. The summed E-state index contributed by atoms with van der Waals surface area (Å²) in [5, 5.41) is 14.2. The lowest BCUT2D eigenvalue weighted by Crippen LogP contribution is -2.16. The van der Waals surface area contributed by atoms with E-state index in [9.17, 15) is 4.79 Å². The third kappa shape index (κ3) is 5.03. The molecule has 0 saturated carbocycles. The molecule has 1 unspecified atom stereocenters. The molecule has 2 heterocycles. The molecule has 4 rings (SSSR count). The van der Waals surface area contributed by atoms with Crippen LogP contribution in [0.5, 0.6) is 0 Å². The number of aromatic nitrogens is 3. The van der Waals surface area contributed by atoms with E-state index < -0.39 is 0 Å². The van der Waals surface area contributed by atoms with Crippen LogP contribution in [0.4, 0.5) is 10.9 Å². The molecule has 0 aliphatic rings. The first-order chi connectivity index (χ1) is 14.3. The maximum atomic E-state index is 12.3. The molecule has 2 aromatic heterocycles. The number of nitrogens with zero attached hydrogens (tertiary/aromatic N) is 3. The Morgan fingerprint density at radius 3 is 2.38 bits per heavy atom. The number of rotatable bonds is 7. The van der Waals surface area contributed by atoms with Crippen LogP contribution in [0.25, 0.3) is 0 Å². The summed E-state index contributed by atoms with van der Waals surface area (Å²) in [7, 11) is 0. The van der Waals surface area contributed by atoms with Crippen LogP contribution in [-0.2, 0) is 6.42 Å². The van der Waals surface area contributed by atoms with Gasteiger partial charge in [-0.2, -0.15) is 0 Å². The molecule has 6 nitrogen and oxygen atoms in total. The monoisotopic (exact) mass is 401 g/mol. The van der Waals surface area contributed by atoms with Gasteiger partial charge in [0, 0.05) is 6.20 Å². The van der Waals surface area contributed by atoms with Gasteiger partial charge in [-0.1, -0.05) is 72.0 Å². The molecule has 0 spiro atoms. The van der Waals surface area contributed by atoms with Gasteiger partial charge < -0.3 is 5.32 Å². The minimum atomic E-state index is -0.260. The summed E-state index contributed by atoms with van der Waals surface area (Å²) in [6.45, 7) is 0. The van der Waals surface area contributed by atoms with Gasteiger partial charge in [0.1, 0.15) is 11.3 Å². The first-order valence-electron chi connectivity index (χ1n) is 9.17. The highest BCUT2D eigenvalue weighted by Crippen LogP contribution is 2.23.